The number of allylic oxidation sites excluding steroid dienone is 1. The largest absolute Gasteiger partial charge is 0.462 e. The van der Waals surface area contributed by atoms with Crippen molar-refractivity contribution in [2.75, 3.05) is 6.61 Å². The lowest BCUT2D eigenvalue weighted by molar-refractivity contribution is -0.137. The summed E-state index contributed by atoms with van der Waals surface area (Å²) in [6.45, 7) is 3.51. The van der Waals surface area contributed by atoms with Crippen LogP contribution in [0, 0.1) is 5.82 Å². The minimum absolute atomic E-state index is 0.0613. The van der Waals surface area contributed by atoms with Crippen LogP contribution in [-0.4, -0.2) is 12.6 Å². The molecule has 0 bridgehead atoms. The number of rotatable bonds is 4. The Hall–Kier alpha value is -1.36. The smallest absolute Gasteiger partial charge is 0.348 e. The summed E-state index contributed by atoms with van der Waals surface area (Å²) >= 11 is 3.05. The molecule has 92 valence electrons. The standard InChI is InChI=1S/C12H12BrFO3/c1-3-16-12(15)11(13)8(2)17-10-7-5-4-6-9(10)14/h4-7H,3H2,1-2H3. The molecule has 1 aromatic carbocycles. The number of carbonyl (C=O) groups excluding carboxylic acids is 1. The molecule has 0 N–H and O–H groups in total. The zero-order valence-electron chi connectivity index (χ0n) is 9.50. The lowest BCUT2D eigenvalue weighted by Crippen LogP contribution is -2.07. The van der Waals surface area contributed by atoms with E-state index in [9.17, 15) is 9.18 Å². The number of ether oxygens (including phenoxy) is 2. The van der Waals surface area contributed by atoms with Crippen molar-refractivity contribution in [3.8, 4) is 5.75 Å². The van der Waals surface area contributed by atoms with Gasteiger partial charge in [0.1, 0.15) is 10.2 Å². The van der Waals surface area contributed by atoms with Crippen LogP contribution in [0.15, 0.2) is 34.5 Å². The first kappa shape index (κ1) is 13.7. The molecule has 0 aromatic heterocycles. The third-order valence-corrected chi connectivity index (χ3v) is 2.75. The fourth-order valence-corrected chi connectivity index (χ4v) is 1.27. The molecule has 0 saturated heterocycles. The van der Waals surface area contributed by atoms with Crippen molar-refractivity contribution in [2.24, 2.45) is 0 Å². The number of carbonyl (C=O) groups is 1. The first-order chi connectivity index (χ1) is 8.06. The molecule has 17 heavy (non-hydrogen) atoms. The lowest BCUT2D eigenvalue weighted by atomic mass is 10.3. The zero-order valence-corrected chi connectivity index (χ0v) is 11.1. The van der Waals surface area contributed by atoms with E-state index in [1.165, 1.54) is 12.1 Å². The summed E-state index contributed by atoms with van der Waals surface area (Å²) in [4.78, 5) is 11.4. The minimum atomic E-state index is -0.540. The van der Waals surface area contributed by atoms with Gasteiger partial charge in [-0.15, -0.1) is 0 Å². The summed E-state index contributed by atoms with van der Waals surface area (Å²) in [6, 6.07) is 5.96. The van der Waals surface area contributed by atoms with E-state index in [2.05, 4.69) is 15.9 Å². The molecule has 0 fully saturated rings. The molecule has 0 saturated carbocycles. The molecule has 0 aliphatic carbocycles. The molecule has 0 aliphatic rings. The maximum atomic E-state index is 13.3. The van der Waals surface area contributed by atoms with Crippen LogP contribution in [0.4, 0.5) is 4.39 Å². The molecule has 5 heteroatoms. The van der Waals surface area contributed by atoms with E-state index in [0.717, 1.165) is 0 Å². The number of halogens is 2. The Labute approximate surface area is 107 Å². The van der Waals surface area contributed by atoms with Gasteiger partial charge in [0.15, 0.2) is 11.6 Å². The van der Waals surface area contributed by atoms with E-state index in [1.54, 1.807) is 26.0 Å². The molecule has 0 atom stereocenters. The number of benzene rings is 1. The van der Waals surface area contributed by atoms with E-state index in [4.69, 9.17) is 9.47 Å². The van der Waals surface area contributed by atoms with Gasteiger partial charge in [-0.1, -0.05) is 12.1 Å². The molecule has 0 amide bonds. The van der Waals surface area contributed by atoms with Crippen LogP contribution in [0.1, 0.15) is 13.8 Å². The van der Waals surface area contributed by atoms with Gasteiger partial charge in [0, 0.05) is 0 Å². The Kier molecular flexibility index (Phi) is 5.15. The summed E-state index contributed by atoms with van der Waals surface area (Å²) in [5, 5.41) is 0. The van der Waals surface area contributed by atoms with Gasteiger partial charge in [0.25, 0.3) is 0 Å². The van der Waals surface area contributed by atoms with E-state index in [0.29, 0.717) is 0 Å². The third kappa shape index (κ3) is 3.85. The van der Waals surface area contributed by atoms with Crippen LogP contribution in [-0.2, 0) is 9.53 Å². The maximum absolute atomic E-state index is 13.3. The Bertz CT molecular complexity index is 443. The van der Waals surface area contributed by atoms with Crippen LogP contribution < -0.4 is 4.74 Å². The van der Waals surface area contributed by atoms with Crippen molar-refractivity contribution in [2.45, 2.75) is 13.8 Å². The van der Waals surface area contributed by atoms with E-state index in [1.807, 2.05) is 0 Å². The van der Waals surface area contributed by atoms with Gasteiger partial charge in [-0.3, -0.25) is 0 Å². The van der Waals surface area contributed by atoms with Gasteiger partial charge in [-0.05, 0) is 41.9 Å². The monoisotopic (exact) mass is 302 g/mol. The van der Waals surface area contributed by atoms with Gasteiger partial charge in [0.05, 0.1) is 6.61 Å². The normalized spacial score (nSPS) is 11.8. The second-order valence-corrected chi connectivity index (χ2v) is 3.92. The fourth-order valence-electron chi connectivity index (χ4n) is 1.08. The van der Waals surface area contributed by atoms with Crippen molar-refractivity contribution >= 4 is 21.9 Å². The topological polar surface area (TPSA) is 35.5 Å². The summed E-state index contributed by atoms with van der Waals surface area (Å²) in [5.41, 5.74) is 0. The minimum Gasteiger partial charge on any atom is -0.462 e. The van der Waals surface area contributed by atoms with Gasteiger partial charge in [0.2, 0.25) is 0 Å². The average molecular weight is 303 g/mol. The van der Waals surface area contributed by atoms with Gasteiger partial charge >= 0.3 is 5.97 Å². The highest BCUT2D eigenvalue weighted by Crippen LogP contribution is 2.22. The van der Waals surface area contributed by atoms with Crippen molar-refractivity contribution in [1.82, 2.24) is 0 Å². The number of para-hydroxylation sites is 1. The average Bonchev–Trinajstić information content (AvgIpc) is 2.31. The van der Waals surface area contributed by atoms with Crippen LogP contribution in [0.2, 0.25) is 0 Å². The van der Waals surface area contributed by atoms with Crippen molar-refractivity contribution < 1.29 is 18.7 Å². The SMILES string of the molecule is CCOC(=O)C(Br)=C(C)Oc1ccccc1F. The highest BCUT2D eigenvalue weighted by molar-refractivity contribution is 9.12. The quantitative estimate of drug-likeness (QED) is 0.486. The van der Waals surface area contributed by atoms with E-state index in [-0.39, 0.29) is 22.6 Å². The molecule has 1 rings (SSSR count). The predicted octanol–water partition coefficient (Wildman–Crippen LogP) is 3.39. The fraction of sp³-hybridized carbons (Fsp3) is 0.250. The highest BCUT2D eigenvalue weighted by atomic mass is 79.9. The van der Waals surface area contributed by atoms with Crippen molar-refractivity contribution in [1.29, 1.82) is 0 Å². The second kappa shape index (κ2) is 6.39. The molecule has 1 aromatic rings. The van der Waals surface area contributed by atoms with Crippen LogP contribution >= 0.6 is 15.9 Å². The van der Waals surface area contributed by atoms with E-state index >= 15 is 0 Å². The number of hydrogen-bond acceptors (Lipinski definition) is 3. The molecule has 0 radical (unpaired) electrons. The summed E-state index contributed by atoms with van der Waals surface area (Å²) < 4.78 is 23.4. The Morgan fingerprint density at radius 2 is 2.06 bits per heavy atom. The van der Waals surface area contributed by atoms with Crippen LogP contribution in [0.5, 0.6) is 5.75 Å². The Morgan fingerprint density at radius 1 is 1.41 bits per heavy atom. The zero-order chi connectivity index (χ0) is 12.8. The van der Waals surface area contributed by atoms with Gasteiger partial charge in [-0.2, -0.15) is 0 Å². The third-order valence-electron chi connectivity index (χ3n) is 1.86. The molecule has 3 nitrogen and oxygen atoms in total. The lowest BCUT2D eigenvalue weighted by Gasteiger charge is -2.08. The molecule has 0 spiro atoms. The molecular weight excluding hydrogens is 291 g/mol. The second-order valence-electron chi connectivity index (χ2n) is 3.12. The number of esters is 1. The molecule has 0 unspecified atom stereocenters. The molecular formula is C12H12BrFO3. The first-order valence-electron chi connectivity index (χ1n) is 5.02. The van der Waals surface area contributed by atoms with Crippen molar-refractivity contribution in [3.63, 3.8) is 0 Å². The van der Waals surface area contributed by atoms with Gasteiger partial charge in [-0.25, -0.2) is 9.18 Å². The Morgan fingerprint density at radius 3 is 2.65 bits per heavy atom. The van der Waals surface area contributed by atoms with Crippen molar-refractivity contribution in [3.05, 3.63) is 40.3 Å². The Balaban J connectivity index is 2.84. The number of hydrogen-bond donors (Lipinski definition) is 0. The summed E-state index contributed by atoms with van der Waals surface area (Å²) in [5.74, 6) is -0.725. The first-order valence-corrected chi connectivity index (χ1v) is 5.81. The summed E-state index contributed by atoms with van der Waals surface area (Å²) in [7, 11) is 0. The van der Waals surface area contributed by atoms with Crippen LogP contribution in [0.25, 0.3) is 0 Å². The maximum Gasteiger partial charge on any atom is 0.348 e. The van der Waals surface area contributed by atoms with Crippen LogP contribution in [0.3, 0.4) is 0 Å². The molecule has 0 aliphatic heterocycles. The highest BCUT2D eigenvalue weighted by Gasteiger charge is 2.13. The summed E-state index contributed by atoms with van der Waals surface area (Å²) in [6.07, 6.45) is 0. The molecule has 0 heterocycles. The predicted molar refractivity (Wildman–Crippen MR) is 65.3 cm³/mol. The van der Waals surface area contributed by atoms with Gasteiger partial charge < -0.3 is 9.47 Å². The van der Waals surface area contributed by atoms with E-state index < -0.39 is 11.8 Å².